The zero-order chi connectivity index (χ0) is 18.0. The summed E-state index contributed by atoms with van der Waals surface area (Å²) >= 11 is 0. The van der Waals surface area contributed by atoms with Gasteiger partial charge in [-0.2, -0.15) is 0 Å². The van der Waals surface area contributed by atoms with Gasteiger partial charge in [0, 0.05) is 31.4 Å². The van der Waals surface area contributed by atoms with E-state index in [0.29, 0.717) is 5.56 Å². The maximum absolute atomic E-state index is 12.3. The number of fused-ring (bicyclic) bond motifs is 1. The van der Waals surface area contributed by atoms with Crippen LogP contribution in [0.2, 0.25) is 0 Å². The van der Waals surface area contributed by atoms with Crippen molar-refractivity contribution in [3.63, 3.8) is 0 Å². The minimum atomic E-state index is -0.205. The molecule has 0 bridgehead atoms. The van der Waals surface area contributed by atoms with Gasteiger partial charge in [-0.1, -0.05) is 12.1 Å². The Bertz CT molecular complexity index is 810. The second-order valence-corrected chi connectivity index (χ2v) is 6.74. The largest absolute Gasteiger partial charge is 0.346 e. The van der Waals surface area contributed by atoms with Crippen LogP contribution in [0.1, 0.15) is 65.4 Å². The van der Waals surface area contributed by atoms with E-state index in [9.17, 15) is 9.59 Å². The van der Waals surface area contributed by atoms with Crippen LogP contribution >= 0.6 is 0 Å². The zero-order valence-electron chi connectivity index (χ0n) is 15.0. The molecule has 2 aromatic rings. The average Bonchev–Trinajstić information content (AvgIpc) is 3.18. The van der Waals surface area contributed by atoms with Gasteiger partial charge in [-0.15, -0.1) is 10.2 Å². The smallest absolute Gasteiger partial charge is 0.221 e. The van der Waals surface area contributed by atoms with Gasteiger partial charge in [0.1, 0.15) is 5.82 Å². The first-order valence-electron chi connectivity index (χ1n) is 8.77. The molecule has 1 N–H and O–H groups in total. The molecule has 1 amide bonds. The van der Waals surface area contributed by atoms with E-state index >= 15 is 0 Å². The zero-order valence-corrected chi connectivity index (χ0v) is 15.0. The Morgan fingerprint density at radius 3 is 2.76 bits per heavy atom. The van der Waals surface area contributed by atoms with Gasteiger partial charge < -0.3 is 9.88 Å². The highest BCUT2D eigenvalue weighted by atomic mass is 16.2. The molecule has 0 radical (unpaired) electrons. The summed E-state index contributed by atoms with van der Waals surface area (Å²) in [5.41, 5.74) is 2.91. The van der Waals surface area contributed by atoms with Crippen molar-refractivity contribution in [3.8, 4) is 0 Å². The quantitative estimate of drug-likeness (QED) is 0.820. The van der Waals surface area contributed by atoms with Gasteiger partial charge in [-0.3, -0.25) is 9.59 Å². The number of carbonyl (C=O) groups is 2. The van der Waals surface area contributed by atoms with Gasteiger partial charge in [0.05, 0.1) is 6.04 Å². The standard InChI is InChI=1S/C19H24N4O2/c1-12-6-7-15(11-13(12)2)16(24)8-9-18(25)20-14(3)19-22-21-17-5-4-10-23(17)19/h6-7,11,14H,4-5,8-10H2,1-3H3,(H,20,25)/t14-/m1/s1. The molecule has 0 aliphatic carbocycles. The van der Waals surface area contributed by atoms with Crippen LogP contribution in [-0.4, -0.2) is 26.5 Å². The number of amides is 1. The Hall–Kier alpha value is -2.50. The third-order valence-electron chi connectivity index (χ3n) is 4.81. The first-order chi connectivity index (χ1) is 12.0. The molecular formula is C19H24N4O2. The van der Waals surface area contributed by atoms with Crippen LogP contribution in [0.5, 0.6) is 0 Å². The monoisotopic (exact) mass is 340 g/mol. The van der Waals surface area contributed by atoms with Crippen molar-refractivity contribution in [2.75, 3.05) is 0 Å². The fourth-order valence-electron chi connectivity index (χ4n) is 3.16. The van der Waals surface area contributed by atoms with E-state index in [1.165, 1.54) is 0 Å². The maximum atomic E-state index is 12.3. The van der Waals surface area contributed by atoms with E-state index in [1.54, 1.807) is 0 Å². The summed E-state index contributed by atoms with van der Waals surface area (Å²) in [6.45, 7) is 6.80. The number of nitrogens with zero attached hydrogens (tertiary/aromatic N) is 3. The summed E-state index contributed by atoms with van der Waals surface area (Å²) in [6, 6.07) is 5.45. The number of aryl methyl sites for hydroxylation is 3. The van der Waals surface area contributed by atoms with E-state index in [4.69, 9.17) is 0 Å². The molecule has 25 heavy (non-hydrogen) atoms. The molecule has 0 fully saturated rings. The van der Waals surface area contributed by atoms with Crippen LogP contribution in [0.3, 0.4) is 0 Å². The Kier molecular flexibility index (Phi) is 4.97. The summed E-state index contributed by atoms with van der Waals surface area (Å²) in [5, 5.41) is 11.3. The second-order valence-electron chi connectivity index (χ2n) is 6.74. The highest BCUT2D eigenvalue weighted by Gasteiger charge is 2.22. The summed E-state index contributed by atoms with van der Waals surface area (Å²) in [7, 11) is 0. The van der Waals surface area contributed by atoms with Gasteiger partial charge >= 0.3 is 0 Å². The molecule has 132 valence electrons. The number of hydrogen-bond acceptors (Lipinski definition) is 4. The van der Waals surface area contributed by atoms with E-state index in [1.807, 2.05) is 39.0 Å². The molecule has 6 nitrogen and oxygen atoms in total. The molecule has 6 heteroatoms. The number of nitrogens with one attached hydrogen (secondary N) is 1. The molecule has 1 aliphatic rings. The summed E-state index contributed by atoms with van der Waals surface area (Å²) in [6.07, 6.45) is 2.40. The molecule has 0 saturated heterocycles. The SMILES string of the molecule is Cc1ccc(C(=O)CCC(=O)N[C@H](C)c2nnc3n2CCC3)cc1C. The number of benzene rings is 1. The molecule has 1 atom stereocenters. The molecule has 0 spiro atoms. The van der Waals surface area contributed by atoms with Crippen molar-refractivity contribution in [2.45, 2.75) is 59.0 Å². The third-order valence-corrected chi connectivity index (χ3v) is 4.81. The number of hydrogen-bond donors (Lipinski definition) is 1. The lowest BCUT2D eigenvalue weighted by molar-refractivity contribution is -0.121. The minimum absolute atomic E-state index is 0.00530. The fourth-order valence-corrected chi connectivity index (χ4v) is 3.16. The van der Waals surface area contributed by atoms with Crippen LogP contribution in [0, 0.1) is 13.8 Å². The van der Waals surface area contributed by atoms with Crippen molar-refractivity contribution in [1.29, 1.82) is 0 Å². The predicted molar refractivity (Wildman–Crippen MR) is 94.4 cm³/mol. The normalized spacial score (nSPS) is 14.2. The highest BCUT2D eigenvalue weighted by Crippen LogP contribution is 2.19. The Balaban J connectivity index is 1.53. The lowest BCUT2D eigenvalue weighted by atomic mass is 10.0. The lowest BCUT2D eigenvalue weighted by Crippen LogP contribution is -2.29. The molecule has 1 aromatic carbocycles. The van der Waals surface area contributed by atoms with Crippen LogP contribution < -0.4 is 5.32 Å². The fraction of sp³-hybridized carbons (Fsp3) is 0.474. The molecule has 2 heterocycles. The van der Waals surface area contributed by atoms with Gasteiger partial charge in [-0.05, 0) is 44.4 Å². The summed E-state index contributed by atoms with van der Waals surface area (Å²) in [4.78, 5) is 24.5. The van der Waals surface area contributed by atoms with Crippen LogP contribution in [-0.2, 0) is 17.8 Å². The minimum Gasteiger partial charge on any atom is -0.346 e. The lowest BCUT2D eigenvalue weighted by Gasteiger charge is -2.13. The molecule has 0 unspecified atom stereocenters. The average molecular weight is 340 g/mol. The number of ketones is 1. The van der Waals surface area contributed by atoms with Crippen molar-refractivity contribution in [1.82, 2.24) is 20.1 Å². The summed E-state index contributed by atoms with van der Waals surface area (Å²) < 4.78 is 2.07. The molecule has 3 rings (SSSR count). The van der Waals surface area contributed by atoms with Crippen LogP contribution in [0.25, 0.3) is 0 Å². The molecule has 1 aromatic heterocycles. The van der Waals surface area contributed by atoms with Gasteiger partial charge in [0.25, 0.3) is 0 Å². The van der Waals surface area contributed by atoms with E-state index in [2.05, 4.69) is 20.1 Å². The van der Waals surface area contributed by atoms with E-state index in [-0.39, 0.29) is 30.6 Å². The topological polar surface area (TPSA) is 76.9 Å². The Morgan fingerprint density at radius 2 is 2.00 bits per heavy atom. The van der Waals surface area contributed by atoms with Gasteiger partial charge in [-0.25, -0.2) is 0 Å². The second kappa shape index (κ2) is 7.17. The highest BCUT2D eigenvalue weighted by molar-refractivity contribution is 5.98. The number of Topliss-reactive ketones (excluding diaryl/α,β-unsaturated/α-hetero) is 1. The van der Waals surface area contributed by atoms with Gasteiger partial charge in [0.15, 0.2) is 11.6 Å². The number of rotatable bonds is 6. The molecular weight excluding hydrogens is 316 g/mol. The van der Waals surface area contributed by atoms with Crippen molar-refractivity contribution in [3.05, 3.63) is 46.5 Å². The Labute approximate surface area is 147 Å². The van der Waals surface area contributed by atoms with Crippen LogP contribution in [0.15, 0.2) is 18.2 Å². The van der Waals surface area contributed by atoms with E-state index in [0.717, 1.165) is 42.2 Å². The van der Waals surface area contributed by atoms with Crippen molar-refractivity contribution in [2.24, 2.45) is 0 Å². The first kappa shape index (κ1) is 17.3. The molecule has 0 saturated carbocycles. The number of aromatic nitrogens is 3. The van der Waals surface area contributed by atoms with Crippen LogP contribution in [0.4, 0.5) is 0 Å². The van der Waals surface area contributed by atoms with Crippen molar-refractivity contribution < 1.29 is 9.59 Å². The van der Waals surface area contributed by atoms with Gasteiger partial charge in [0.2, 0.25) is 5.91 Å². The summed E-state index contributed by atoms with van der Waals surface area (Å²) in [5.74, 6) is 1.64. The predicted octanol–water partition coefficient (Wildman–Crippen LogP) is 2.68. The molecule has 1 aliphatic heterocycles. The maximum Gasteiger partial charge on any atom is 0.221 e. The first-order valence-corrected chi connectivity index (χ1v) is 8.77. The Morgan fingerprint density at radius 1 is 1.20 bits per heavy atom. The third kappa shape index (κ3) is 3.78. The van der Waals surface area contributed by atoms with Crippen molar-refractivity contribution >= 4 is 11.7 Å². The van der Waals surface area contributed by atoms with E-state index < -0.39 is 0 Å². The number of carbonyl (C=O) groups excluding carboxylic acids is 2.